The Morgan fingerprint density at radius 2 is 1.38 bits per heavy atom. The molecule has 1 nitrogen and oxygen atoms in total. The zero-order chi connectivity index (χ0) is 15.5. The molecule has 4 heteroatoms. The summed E-state index contributed by atoms with van der Waals surface area (Å²) in [5.41, 5.74) is 2.10. The van der Waals surface area contributed by atoms with Gasteiger partial charge in [-0.1, -0.05) is 36.4 Å². The highest BCUT2D eigenvalue weighted by Gasteiger charge is 2.29. The van der Waals surface area contributed by atoms with E-state index >= 15 is 0 Å². The van der Waals surface area contributed by atoms with Gasteiger partial charge in [0.2, 0.25) is 0 Å². The molecule has 21 heavy (non-hydrogen) atoms. The minimum absolute atomic E-state index is 0.334. The van der Waals surface area contributed by atoms with Crippen molar-refractivity contribution in [3.05, 3.63) is 59.7 Å². The zero-order valence-electron chi connectivity index (χ0n) is 11.7. The Morgan fingerprint density at radius 3 is 1.81 bits per heavy atom. The number of halogens is 3. The van der Waals surface area contributed by atoms with E-state index in [4.69, 9.17) is 0 Å². The Kier molecular flexibility index (Phi) is 4.68. The van der Waals surface area contributed by atoms with Crippen molar-refractivity contribution in [1.82, 2.24) is 0 Å². The average molecular weight is 294 g/mol. The van der Waals surface area contributed by atoms with Gasteiger partial charge in [0.05, 0.1) is 11.7 Å². The molecule has 0 aliphatic heterocycles. The van der Waals surface area contributed by atoms with Crippen molar-refractivity contribution in [3.63, 3.8) is 0 Å². The van der Waals surface area contributed by atoms with Gasteiger partial charge in [0.15, 0.2) is 0 Å². The van der Waals surface area contributed by atoms with Crippen LogP contribution in [0.4, 0.5) is 13.2 Å². The third-order valence-corrected chi connectivity index (χ3v) is 3.35. The molecule has 1 N–H and O–H groups in total. The highest BCUT2D eigenvalue weighted by Crippen LogP contribution is 2.31. The van der Waals surface area contributed by atoms with E-state index in [0.29, 0.717) is 6.42 Å². The summed E-state index contributed by atoms with van der Waals surface area (Å²) in [5, 5.41) is 9.25. The van der Waals surface area contributed by atoms with Gasteiger partial charge in [-0.15, -0.1) is 0 Å². The Hall–Kier alpha value is -1.81. The molecule has 2 aromatic carbocycles. The minimum atomic E-state index is -4.30. The van der Waals surface area contributed by atoms with Crippen molar-refractivity contribution < 1.29 is 18.3 Å². The molecule has 2 rings (SSSR count). The number of aliphatic hydroxyl groups is 1. The monoisotopic (exact) mass is 294 g/mol. The molecule has 0 saturated carbocycles. The van der Waals surface area contributed by atoms with E-state index in [9.17, 15) is 18.3 Å². The molecule has 0 aromatic heterocycles. The van der Waals surface area contributed by atoms with Gasteiger partial charge in [0, 0.05) is 0 Å². The molecule has 0 amide bonds. The van der Waals surface area contributed by atoms with Crippen molar-refractivity contribution >= 4 is 0 Å². The van der Waals surface area contributed by atoms with Crippen molar-refractivity contribution in [1.29, 1.82) is 0 Å². The molecule has 1 unspecified atom stereocenters. The minimum Gasteiger partial charge on any atom is -0.393 e. The van der Waals surface area contributed by atoms with Gasteiger partial charge in [0.1, 0.15) is 0 Å². The lowest BCUT2D eigenvalue weighted by molar-refractivity contribution is -0.137. The van der Waals surface area contributed by atoms with Crippen LogP contribution in [0.25, 0.3) is 11.1 Å². The smallest absolute Gasteiger partial charge is 0.393 e. The summed E-state index contributed by atoms with van der Waals surface area (Å²) in [6.45, 7) is 1.75. The summed E-state index contributed by atoms with van der Waals surface area (Å²) in [7, 11) is 0. The van der Waals surface area contributed by atoms with Gasteiger partial charge >= 0.3 is 6.18 Å². The van der Waals surface area contributed by atoms with Gasteiger partial charge < -0.3 is 5.11 Å². The van der Waals surface area contributed by atoms with E-state index in [-0.39, 0.29) is 6.10 Å². The molecule has 0 bridgehead atoms. The second-order valence-corrected chi connectivity index (χ2v) is 5.16. The molecule has 2 aromatic rings. The lowest BCUT2D eigenvalue weighted by Gasteiger charge is -2.09. The first-order valence-electron chi connectivity index (χ1n) is 6.81. The number of hydrogen-bond donors (Lipinski definition) is 1. The number of benzene rings is 2. The number of hydrogen-bond acceptors (Lipinski definition) is 1. The highest BCUT2D eigenvalue weighted by atomic mass is 19.4. The molecule has 0 fully saturated rings. The summed E-state index contributed by atoms with van der Waals surface area (Å²) in [4.78, 5) is 0. The molecule has 0 spiro atoms. The van der Waals surface area contributed by atoms with Gasteiger partial charge in [-0.05, 0) is 48.6 Å². The number of rotatable bonds is 4. The molecule has 1 atom stereocenters. The Balaban J connectivity index is 2.11. The van der Waals surface area contributed by atoms with Crippen LogP contribution in [-0.4, -0.2) is 11.2 Å². The fourth-order valence-electron chi connectivity index (χ4n) is 2.09. The first-order valence-corrected chi connectivity index (χ1v) is 6.81. The standard InChI is InChI=1S/C17H17F3O/c1-12(21)2-3-13-4-6-14(7-5-13)15-8-10-16(11-9-15)17(18,19)20/h4-12,21H,2-3H2,1H3. The molecule has 0 saturated heterocycles. The number of aliphatic hydroxyl groups excluding tert-OH is 1. The van der Waals surface area contributed by atoms with Gasteiger partial charge in [0.25, 0.3) is 0 Å². The van der Waals surface area contributed by atoms with Crippen LogP contribution in [-0.2, 0) is 12.6 Å². The predicted molar refractivity (Wildman–Crippen MR) is 76.9 cm³/mol. The van der Waals surface area contributed by atoms with Crippen LogP contribution in [0.2, 0.25) is 0 Å². The molecular formula is C17H17F3O. The van der Waals surface area contributed by atoms with E-state index in [2.05, 4.69) is 0 Å². The topological polar surface area (TPSA) is 20.2 Å². The van der Waals surface area contributed by atoms with Crippen LogP contribution in [0.1, 0.15) is 24.5 Å². The Labute approximate surface area is 122 Å². The third kappa shape index (κ3) is 4.33. The fraction of sp³-hybridized carbons (Fsp3) is 0.294. The predicted octanol–water partition coefficient (Wildman–Crippen LogP) is 4.69. The van der Waals surface area contributed by atoms with Crippen molar-refractivity contribution in [2.75, 3.05) is 0 Å². The van der Waals surface area contributed by atoms with E-state index in [1.807, 2.05) is 24.3 Å². The molecule has 0 aliphatic rings. The summed E-state index contributed by atoms with van der Waals surface area (Å²) in [5.74, 6) is 0. The van der Waals surface area contributed by atoms with Crippen LogP contribution in [0, 0.1) is 0 Å². The van der Waals surface area contributed by atoms with E-state index in [1.165, 1.54) is 12.1 Å². The van der Waals surface area contributed by atoms with Crippen LogP contribution in [0.15, 0.2) is 48.5 Å². The second-order valence-electron chi connectivity index (χ2n) is 5.16. The largest absolute Gasteiger partial charge is 0.416 e. The van der Waals surface area contributed by atoms with Gasteiger partial charge in [-0.2, -0.15) is 13.2 Å². The van der Waals surface area contributed by atoms with Crippen LogP contribution in [0.5, 0.6) is 0 Å². The van der Waals surface area contributed by atoms with Crippen molar-refractivity contribution in [2.24, 2.45) is 0 Å². The number of aryl methyl sites for hydroxylation is 1. The van der Waals surface area contributed by atoms with E-state index in [1.54, 1.807) is 6.92 Å². The fourth-order valence-corrected chi connectivity index (χ4v) is 2.09. The van der Waals surface area contributed by atoms with Crippen LogP contribution < -0.4 is 0 Å². The highest BCUT2D eigenvalue weighted by molar-refractivity contribution is 5.64. The normalized spacial score (nSPS) is 13.2. The van der Waals surface area contributed by atoms with Gasteiger partial charge in [-0.25, -0.2) is 0 Å². The Bertz CT molecular complexity index is 568. The Morgan fingerprint density at radius 1 is 0.905 bits per heavy atom. The summed E-state index contributed by atoms with van der Waals surface area (Å²) >= 11 is 0. The second kappa shape index (κ2) is 6.31. The lowest BCUT2D eigenvalue weighted by atomic mass is 10.0. The quantitative estimate of drug-likeness (QED) is 0.867. The SMILES string of the molecule is CC(O)CCc1ccc(-c2ccc(C(F)(F)F)cc2)cc1. The zero-order valence-corrected chi connectivity index (χ0v) is 11.7. The van der Waals surface area contributed by atoms with E-state index < -0.39 is 11.7 Å². The summed E-state index contributed by atoms with van der Waals surface area (Å²) in [6.07, 6.45) is -3.16. The number of alkyl halides is 3. The van der Waals surface area contributed by atoms with Crippen LogP contribution >= 0.6 is 0 Å². The lowest BCUT2D eigenvalue weighted by Crippen LogP contribution is -2.04. The summed E-state index contributed by atoms with van der Waals surface area (Å²) in [6, 6.07) is 12.8. The average Bonchev–Trinajstić information content (AvgIpc) is 2.45. The first-order chi connectivity index (χ1) is 9.86. The molecule has 0 heterocycles. The molecule has 0 radical (unpaired) electrons. The maximum absolute atomic E-state index is 12.5. The van der Waals surface area contributed by atoms with Crippen molar-refractivity contribution in [3.8, 4) is 11.1 Å². The third-order valence-electron chi connectivity index (χ3n) is 3.35. The molecule has 112 valence electrons. The summed E-state index contributed by atoms with van der Waals surface area (Å²) < 4.78 is 37.5. The van der Waals surface area contributed by atoms with Crippen molar-refractivity contribution in [2.45, 2.75) is 32.0 Å². The van der Waals surface area contributed by atoms with Crippen LogP contribution in [0.3, 0.4) is 0 Å². The van der Waals surface area contributed by atoms with Gasteiger partial charge in [-0.3, -0.25) is 0 Å². The van der Waals surface area contributed by atoms with E-state index in [0.717, 1.165) is 35.2 Å². The molecule has 0 aliphatic carbocycles. The maximum Gasteiger partial charge on any atom is 0.416 e. The maximum atomic E-state index is 12.5. The molecular weight excluding hydrogens is 277 g/mol. The first kappa shape index (κ1) is 15.6.